The molecule has 0 radical (unpaired) electrons. The minimum absolute atomic E-state index is 0.709. The van der Waals surface area contributed by atoms with Gasteiger partial charge in [-0.05, 0) is 39.7 Å². The summed E-state index contributed by atoms with van der Waals surface area (Å²) in [6.45, 7) is 11.1. The minimum Gasteiger partial charge on any atom is -0.301 e. The highest BCUT2D eigenvalue weighted by atomic mass is 15.1. The average Bonchev–Trinajstić information content (AvgIpc) is 2.13. The maximum absolute atomic E-state index is 4.04. The number of hydrogen-bond acceptors (Lipinski definition) is 1. The Kier molecular flexibility index (Phi) is 3.13. The molecule has 64 valence electrons. The number of nitrogens with zero attached hydrogens (tertiary/aromatic N) is 1. The molecule has 0 aromatic carbocycles. The van der Waals surface area contributed by atoms with Crippen LogP contribution in [0.15, 0.2) is 12.2 Å². The number of rotatable bonds is 1. The van der Waals surface area contributed by atoms with Crippen molar-refractivity contribution in [1.29, 1.82) is 0 Å². The largest absolute Gasteiger partial charge is 0.301 e. The van der Waals surface area contributed by atoms with E-state index in [1.165, 1.54) is 37.9 Å². The van der Waals surface area contributed by atoms with E-state index >= 15 is 0 Å². The van der Waals surface area contributed by atoms with Crippen LogP contribution >= 0.6 is 0 Å². The highest BCUT2D eigenvalue weighted by molar-refractivity contribution is 4.96. The van der Waals surface area contributed by atoms with Crippen molar-refractivity contribution in [2.75, 3.05) is 13.1 Å². The molecule has 1 heteroatoms. The highest BCUT2D eigenvalue weighted by Crippen LogP contribution is 2.15. The molecule has 0 aromatic rings. The van der Waals surface area contributed by atoms with Crippen LogP contribution in [-0.4, -0.2) is 24.0 Å². The first-order chi connectivity index (χ1) is 5.20. The fourth-order valence-corrected chi connectivity index (χ4v) is 1.59. The van der Waals surface area contributed by atoms with Crippen LogP contribution in [0.25, 0.3) is 0 Å². The average molecular weight is 153 g/mol. The minimum atomic E-state index is 0.709. The molecule has 0 aliphatic carbocycles. The predicted molar refractivity (Wildman–Crippen MR) is 49.7 cm³/mol. The van der Waals surface area contributed by atoms with Crippen LogP contribution in [0, 0.1) is 0 Å². The van der Waals surface area contributed by atoms with Crippen molar-refractivity contribution >= 4 is 0 Å². The summed E-state index contributed by atoms with van der Waals surface area (Å²) < 4.78 is 0. The zero-order chi connectivity index (χ0) is 8.27. The van der Waals surface area contributed by atoms with E-state index in [-0.39, 0.29) is 0 Å². The summed E-state index contributed by atoms with van der Waals surface area (Å²) in [6, 6.07) is 0.709. The van der Waals surface area contributed by atoms with E-state index in [1.807, 2.05) is 0 Å². The van der Waals surface area contributed by atoms with E-state index in [0.717, 1.165) is 0 Å². The lowest BCUT2D eigenvalue weighted by Crippen LogP contribution is -2.31. The molecule has 0 amide bonds. The molecular weight excluding hydrogens is 134 g/mol. The molecule has 1 nitrogen and oxygen atoms in total. The Labute approximate surface area is 70.1 Å². The zero-order valence-corrected chi connectivity index (χ0v) is 7.77. The summed E-state index contributed by atoms with van der Waals surface area (Å²) in [4.78, 5) is 2.54. The Morgan fingerprint density at radius 1 is 1.27 bits per heavy atom. The van der Waals surface area contributed by atoms with Gasteiger partial charge in [0.2, 0.25) is 0 Å². The molecule has 1 rings (SSSR count). The van der Waals surface area contributed by atoms with Crippen LogP contribution < -0.4 is 0 Å². The first-order valence-corrected chi connectivity index (χ1v) is 4.61. The van der Waals surface area contributed by atoms with Gasteiger partial charge in [0.15, 0.2) is 0 Å². The Hall–Kier alpha value is -0.300. The Bertz CT molecular complexity index is 138. The summed E-state index contributed by atoms with van der Waals surface area (Å²) >= 11 is 0. The van der Waals surface area contributed by atoms with E-state index in [1.54, 1.807) is 0 Å². The summed E-state index contributed by atoms with van der Waals surface area (Å²) in [5.41, 5.74) is 1.44. The fourth-order valence-electron chi connectivity index (χ4n) is 1.59. The summed E-state index contributed by atoms with van der Waals surface area (Å²) in [6.07, 6.45) is 3.75. The number of likely N-dealkylation sites (tertiary alicyclic amines) is 1. The molecule has 0 unspecified atom stereocenters. The molecule has 11 heavy (non-hydrogen) atoms. The van der Waals surface area contributed by atoms with E-state index in [4.69, 9.17) is 0 Å². The normalized spacial score (nSPS) is 22.3. The molecule has 1 fully saturated rings. The molecule has 0 aromatic heterocycles. The maximum Gasteiger partial charge on any atom is 0.00387 e. The molecule has 0 saturated carbocycles. The van der Waals surface area contributed by atoms with Gasteiger partial charge >= 0.3 is 0 Å². The van der Waals surface area contributed by atoms with Crippen molar-refractivity contribution in [1.82, 2.24) is 4.90 Å². The Balaban J connectivity index is 2.40. The molecular formula is C10H19N. The third-order valence-electron chi connectivity index (χ3n) is 2.46. The Morgan fingerprint density at radius 3 is 2.64 bits per heavy atom. The van der Waals surface area contributed by atoms with Crippen LogP contribution in [0.1, 0.15) is 33.1 Å². The second-order valence-corrected chi connectivity index (χ2v) is 3.73. The monoisotopic (exact) mass is 153 g/mol. The van der Waals surface area contributed by atoms with Crippen molar-refractivity contribution in [3.8, 4) is 0 Å². The molecule has 1 saturated heterocycles. The predicted octanol–water partition coefficient (Wildman–Crippen LogP) is 2.44. The van der Waals surface area contributed by atoms with Crippen LogP contribution in [0.5, 0.6) is 0 Å². The topological polar surface area (TPSA) is 3.24 Å². The van der Waals surface area contributed by atoms with Crippen molar-refractivity contribution in [3.63, 3.8) is 0 Å². The van der Waals surface area contributed by atoms with Gasteiger partial charge in [-0.2, -0.15) is 0 Å². The zero-order valence-electron chi connectivity index (χ0n) is 7.77. The molecule has 0 atom stereocenters. The third kappa shape index (κ3) is 2.66. The smallest absolute Gasteiger partial charge is 0.00387 e. The van der Waals surface area contributed by atoms with Gasteiger partial charge in [-0.1, -0.05) is 12.2 Å². The first kappa shape index (κ1) is 8.79. The molecule has 1 aliphatic rings. The standard InChI is InChI=1S/C10H19N/c1-9(2)11-7-4-5-10(3)6-8-11/h9H,3-8H2,1-2H3. The molecule has 1 heterocycles. The molecule has 1 aliphatic heterocycles. The van der Waals surface area contributed by atoms with Crippen LogP contribution in [0.3, 0.4) is 0 Å². The maximum atomic E-state index is 4.04. The SMILES string of the molecule is C=C1CCCN(C(C)C)CC1. The van der Waals surface area contributed by atoms with Gasteiger partial charge in [0.25, 0.3) is 0 Å². The van der Waals surface area contributed by atoms with E-state index in [2.05, 4.69) is 25.3 Å². The van der Waals surface area contributed by atoms with E-state index < -0.39 is 0 Å². The van der Waals surface area contributed by atoms with Gasteiger partial charge in [0, 0.05) is 12.6 Å². The summed E-state index contributed by atoms with van der Waals surface area (Å²) in [7, 11) is 0. The van der Waals surface area contributed by atoms with Crippen LogP contribution in [-0.2, 0) is 0 Å². The molecule has 0 bridgehead atoms. The quantitative estimate of drug-likeness (QED) is 0.523. The lowest BCUT2D eigenvalue weighted by atomic mass is 10.1. The second kappa shape index (κ2) is 3.91. The number of hydrogen-bond donors (Lipinski definition) is 0. The van der Waals surface area contributed by atoms with Crippen molar-refractivity contribution in [3.05, 3.63) is 12.2 Å². The Morgan fingerprint density at radius 2 is 2.00 bits per heavy atom. The van der Waals surface area contributed by atoms with Crippen LogP contribution in [0.2, 0.25) is 0 Å². The van der Waals surface area contributed by atoms with E-state index in [9.17, 15) is 0 Å². The second-order valence-electron chi connectivity index (χ2n) is 3.73. The van der Waals surface area contributed by atoms with Gasteiger partial charge in [-0.25, -0.2) is 0 Å². The lowest BCUT2D eigenvalue weighted by molar-refractivity contribution is 0.232. The lowest BCUT2D eigenvalue weighted by Gasteiger charge is -2.23. The van der Waals surface area contributed by atoms with Crippen molar-refractivity contribution < 1.29 is 0 Å². The van der Waals surface area contributed by atoms with E-state index in [0.29, 0.717) is 6.04 Å². The molecule has 0 spiro atoms. The summed E-state index contributed by atoms with van der Waals surface area (Å²) in [5.74, 6) is 0. The highest BCUT2D eigenvalue weighted by Gasteiger charge is 2.12. The van der Waals surface area contributed by atoms with Gasteiger partial charge in [0.1, 0.15) is 0 Å². The summed E-state index contributed by atoms with van der Waals surface area (Å²) in [5, 5.41) is 0. The fraction of sp³-hybridized carbons (Fsp3) is 0.800. The first-order valence-electron chi connectivity index (χ1n) is 4.61. The van der Waals surface area contributed by atoms with Gasteiger partial charge < -0.3 is 4.90 Å². The van der Waals surface area contributed by atoms with Crippen LogP contribution in [0.4, 0.5) is 0 Å². The van der Waals surface area contributed by atoms with Gasteiger partial charge in [0.05, 0.1) is 0 Å². The van der Waals surface area contributed by atoms with Gasteiger partial charge in [-0.15, -0.1) is 0 Å². The molecule has 0 N–H and O–H groups in total. The van der Waals surface area contributed by atoms with Gasteiger partial charge in [-0.3, -0.25) is 0 Å². The third-order valence-corrected chi connectivity index (χ3v) is 2.46. The van der Waals surface area contributed by atoms with Crippen molar-refractivity contribution in [2.45, 2.75) is 39.2 Å². The van der Waals surface area contributed by atoms with Crippen molar-refractivity contribution in [2.24, 2.45) is 0 Å².